The molecule has 0 radical (unpaired) electrons. The van der Waals surface area contributed by atoms with Crippen LogP contribution in [0.5, 0.6) is 0 Å². The number of piperidine rings is 1. The van der Waals surface area contributed by atoms with Gasteiger partial charge in [-0.25, -0.2) is 0 Å². The summed E-state index contributed by atoms with van der Waals surface area (Å²) in [5, 5.41) is 4.10. The van der Waals surface area contributed by atoms with Crippen LogP contribution in [0, 0.1) is 5.41 Å². The van der Waals surface area contributed by atoms with Crippen molar-refractivity contribution in [3.8, 4) is 0 Å². The van der Waals surface area contributed by atoms with Gasteiger partial charge in [0.25, 0.3) is 0 Å². The molecule has 2 nitrogen and oxygen atoms in total. The van der Waals surface area contributed by atoms with Gasteiger partial charge in [-0.2, -0.15) is 0 Å². The lowest BCUT2D eigenvalue weighted by molar-refractivity contribution is 0.00865. The van der Waals surface area contributed by atoms with Crippen molar-refractivity contribution in [1.29, 1.82) is 0 Å². The first kappa shape index (κ1) is 12.6. The van der Waals surface area contributed by atoms with E-state index in [0.717, 1.165) is 23.5 Å². The third-order valence-corrected chi connectivity index (χ3v) is 6.78. The van der Waals surface area contributed by atoms with Crippen LogP contribution in [-0.2, 0) is 0 Å². The molecule has 2 heteroatoms. The van der Waals surface area contributed by atoms with Crippen LogP contribution in [0.3, 0.4) is 0 Å². The normalized spacial score (nSPS) is 42.0. The Kier molecular flexibility index (Phi) is 3.35. The zero-order chi connectivity index (χ0) is 12.7. The average molecular weight is 262 g/mol. The van der Waals surface area contributed by atoms with E-state index in [-0.39, 0.29) is 0 Å². The fraction of sp³-hybridized carbons (Fsp3) is 1.00. The number of nitrogens with one attached hydrogen (secondary N) is 1. The van der Waals surface area contributed by atoms with Crippen LogP contribution in [0.25, 0.3) is 0 Å². The van der Waals surface area contributed by atoms with Crippen LogP contribution in [0.4, 0.5) is 0 Å². The van der Waals surface area contributed by atoms with Crippen molar-refractivity contribution in [2.24, 2.45) is 5.41 Å². The van der Waals surface area contributed by atoms with Crippen molar-refractivity contribution < 1.29 is 0 Å². The summed E-state index contributed by atoms with van der Waals surface area (Å²) in [6, 6.07) is 2.64. The number of hydrogen-bond acceptors (Lipinski definition) is 2. The van der Waals surface area contributed by atoms with Gasteiger partial charge in [-0.3, -0.25) is 0 Å². The lowest BCUT2D eigenvalue weighted by Crippen LogP contribution is -2.59. The first-order chi connectivity index (χ1) is 9.36. The molecule has 0 aromatic rings. The Bertz CT molecular complexity index is 321. The summed E-state index contributed by atoms with van der Waals surface area (Å²) in [6.45, 7) is 2.74. The lowest BCUT2D eigenvalue weighted by atomic mass is 9.57. The Morgan fingerprint density at radius 3 is 2.53 bits per heavy atom. The first-order valence-corrected chi connectivity index (χ1v) is 8.86. The van der Waals surface area contributed by atoms with Crippen LogP contribution < -0.4 is 5.32 Å². The zero-order valence-corrected chi connectivity index (χ0v) is 12.4. The van der Waals surface area contributed by atoms with Crippen molar-refractivity contribution in [2.45, 2.75) is 88.8 Å². The molecule has 4 rings (SSSR count). The smallest absolute Gasteiger partial charge is 0.0126 e. The summed E-state index contributed by atoms with van der Waals surface area (Å²) < 4.78 is 0. The highest BCUT2D eigenvalue weighted by Crippen LogP contribution is 2.52. The zero-order valence-electron chi connectivity index (χ0n) is 12.4. The highest BCUT2D eigenvalue weighted by atomic mass is 15.2. The van der Waals surface area contributed by atoms with Gasteiger partial charge in [0.05, 0.1) is 0 Å². The summed E-state index contributed by atoms with van der Waals surface area (Å²) in [6.07, 6.45) is 16.3. The number of rotatable bonds is 2. The molecule has 0 aromatic carbocycles. The number of fused-ring (bicyclic) bond motifs is 1. The number of nitrogens with zero attached hydrogens (tertiary/aromatic N) is 1. The molecule has 4 fully saturated rings. The minimum atomic E-state index is 0.741. The van der Waals surface area contributed by atoms with E-state index in [1.165, 1.54) is 83.7 Å². The largest absolute Gasteiger partial charge is 0.311 e. The monoisotopic (exact) mass is 262 g/mol. The van der Waals surface area contributed by atoms with Crippen LogP contribution in [0.2, 0.25) is 0 Å². The van der Waals surface area contributed by atoms with Crippen LogP contribution in [0.1, 0.15) is 70.6 Å². The number of hydrogen-bond donors (Lipinski definition) is 1. The molecule has 4 aliphatic rings. The maximum atomic E-state index is 4.10. The molecule has 1 spiro atoms. The van der Waals surface area contributed by atoms with Gasteiger partial charge in [0.15, 0.2) is 0 Å². The van der Waals surface area contributed by atoms with E-state index in [4.69, 9.17) is 0 Å². The fourth-order valence-electron chi connectivity index (χ4n) is 5.47. The molecule has 2 heterocycles. The molecule has 2 aliphatic carbocycles. The van der Waals surface area contributed by atoms with Crippen LogP contribution >= 0.6 is 0 Å². The second kappa shape index (κ2) is 5.04. The molecule has 0 aromatic heterocycles. The van der Waals surface area contributed by atoms with Crippen molar-refractivity contribution in [1.82, 2.24) is 10.2 Å². The van der Waals surface area contributed by atoms with Gasteiger partial charge in [0, 0.05) is 18.1 Å². The second-order valence-corrected chi connectivity index (χ2v) is 7.73. The Hall–Kier alpha value is -0.0800. The van der Waals surface area contributed by atoms with Crippen molar-refractivity contribution in [3.05, 3.63) is 0 Å². The molecule has 0 amide bonds. The van der Waals surface area contributed by atoms with Crippen molar-refractivity contribution in [3.63, 3.8) is 0 Å². The predicted molar refractivity (Wildman–Crippen MR) is 79.3 cm³/mol. The standard InChI is InChI=1S/C17H30N2/c1-2-8-17(9-3-1)10-6-16(17)18-14-7-12-19-11-4-5-15(19)13-14/h14-16,18H,1-13H2. The van der Waals surface area contributed by atoms with Crippen molar-refractivity contribution in [2.75, 3.05) is 13.1 Å². The van der Waals surface area contributed by atoms with Crippen LogP contribution in [-0.4, -0.2) is 36.1 Å². The van der Waals surface area contributed by atoms with Gasteiger partial charge in [0.1, 0.15) is 0 Å². The summed E-state index contributed by atoms with van der Waals surface area (Å²) >= 11 is 0. The van der Waals surface area contributed by atoms with Crippen molar-refractivity contribution >= 4 is 0 Å². The molecule has 19 heavy (non-hydrogen) atoms. The Morgan fingerprint density at radius 2 is 1.74 bits per heavy atom. The Morgan fingerprint density at radius 1 is 0.842 bits per heavy atom. The SMILES string of the molecule is C1CCC2(CC1)CCC2NC1CCN2CCCC2C1. The maximum Gasteiger partial charge on any atom is 0.0126 e. The highest BCUT2D eigenvalue weighted by Gasteiger charge is 2.47. The molecular weight excluding hydrogens is 232 g/mol. The summed E-state index contributed by atoms with van der Waals surface area (Å²) in [5.41, 5.74) is 0.741. The van der Waals surface area contributed by atoms with E-state index in [9.17, 15) is 0 Å². The fourth-order valence-corrected chi connectivity index (χ4v) is 5.47. The van der Waals surface area contributed by atoms with Gasteiger partial charge in [-0.1, -0.05) is 19.3 Å². The molecule has 3 unspecified atom stereocenters. The maximum absolute atomic E-state index is 4.10. The molecule has 2 aliphatic heterocycles. The minimum Gasteiger partial charge on any atom is -0.311 e. The Balaban J connectivity index is 1.34. The molecule has 2 saturated heterocycles. The predicted octanol–water partition coefficient (Wildman–Crippen LogP) is 3.32. The molecular formula is C17H30N2. The topological polar surface area (TPSA) is 15.3 Å². The first-order valence-electron chi connectivity index (χ1n) is 8.86. The molecule has 1 N–H and O–H groups in total. The highest BCUT2D eigenvalue weighted by molar-refractivity contribution is 5.03. The van der Waals surface area contributed by atoms with Gasteiger partial charge < -0.3 is 10.2 Å². The quantitative estimate of drug-likeness (QED) is 0.821. The Labute approximate surface area is 118 Å². The third kappa shape index (κ3) is 2.25. The molecule has 2 saturated carbocycles. The van der Waals surface area contributed by atoms with Gasteiger partial charge in [0.2, 0.25) is 0 Å². The van der Waals surface area contributed by atoms with Gasteiger partial charge >= 0.3 is 0 Å². The molecule has 0 bridgehead atoms. The summed E-state index contributed by atoms with van der Waals surface area (Å²) in [7, 11) is 0. The van der Waals surface area contributed by atoms with Gasteiger partial charge in [-0.05, 0) is 69.9 Å². The van der Waals surface area contributed by atoms with Crippen LogP contribution in [0.15, 0.2) is 0 Å². The minimum absolute atomic E-state index is 0.741. The van der Waals surface area contributed by atoms with E-state index in [1.54, 1.807) is 0 Å². The second-order valence-electron chi connectivity index (χ2n) is 7.73. The van der Waals surface area contributed by atoms with E-state index in [0.29, 0.717) is 0 Å². The summed E-state index contributed by atoms with van der Waals surface area (Å²) in [4.78, 5) is 2.75. The average Bonchev–Trinajstić information content (AvgIpc) is 2.92. The van der Waals surface area contributed by atoms with E-state index in [1.807, 2.05) is 0 Å². The third-order valence-electron chi connectivity index (χ3n) is 6.78. The van der Waals surface area contributed by atoms with Gasteiger partial charge in [-0.15, -0.1) is 0 Å². The van der Waals surface area contributed by atoms with E-state index >= 15 is 0 Å². The van der Waals surface area contributed by atoms with E-state index in [2.05, 4.69) is 10.2 Å². The molecule has 3 atom stereocenters. The lowest BCUT2D eigenvalue weighted by Gasteiger charge is -2.54. The molecule has 108 valence electrons. The van der Waals surface area contributed by atoms with E-state index < -0.39 is 0 Å². The summed E-state index contributed by atoms with van der Waals surface area (Å²) in [5.74, 6) is 0.